The molecule has 0 spiro atoms. The van der Waals surface area contributed by atoms with Crippen LogP contribution in [0.1, 0.15) is 22.8 Å². The van der Waals surface area contributed by atoms with Gasteiger partial charge in [0, 0.05) is 45.1 Å². The van der Waals surface area contributed by atoms with Gasteiger partial charge in [0.15, 0.2) is 0 Å². The smallest absolute Gasteiger partial charge is 0.255 e. The van der Waals surface area contributed by atoms with Crippen LogP contribution in [0, 0.1) is 0 Å². The van der Waals surface area contributed by atoms with Gasteiger partial charge in [0.25, 0.3) is 5.91 Å². The minimum Gasteiger partial charge on any atom is -0.497 e. The Morgan fingerprint density at radius 1 is 1.15 bits per heavy atom. The highest BCUT2D eigenvalue weighted by atomic mass is 16.5. The molecule has 1 N–H and O–H groups in total. The van der Waals surface area contributed by atoms with Gasteiger partial charge in [-0.3, -0.25) is 9.78 Å². The Balaban J connectivity index is 1.53. The van der Waals surface area contributed by atoms with Gasteiger partial charge in [0.05, 0.1) is 18.4 Å². The zero-order valence-electron chi connectivity index (χ0n) is 16.1. The van der Waals surface area contributed by atoms with E-state index < -0.39 is 0 Å². The number of methoxy groups -OCH3 is 1. The van der Waals surface area contributed by atoms with Crippen LogP contribution >= 0.6 is 0 Å². The highest BCUT2D eigenvalue weighted by molar-refractivity contribution is 5.94. The third kappa shape index (κ3) is 5.20. The van der Waals surface area contributed by atoms with Crippen molar-refractivity contribution >= 4 is 11.6 Å². The molecule has 1 fully saturated rings. The summed E-state index contributed by atoms with van der Waals surface area (Å²) in [5.74, 6) is 0.930. The van der Waals surface area contributed by atoms with Crippen LogP contribution in [0.2, 0.25) is 0 Å². The molecule has 1 aliphatic heterocycles. The SMILES string of the molecule is CCN1CCN(C(=O)c2cncc(NCCc3ccc(OC)cc3)c2)CC1. The molecule has 2 heterocycles. The lowest BCUT2D eigenvalue weighted by Gasteiger charge is -2.34. The van der Waals surface area contributed by atoms with Crippen molar-refractivity contribution < 1.29 is 9.53 Å². The molecular weight excluding hydrogens is 340 g/mol. The first-order valence-electron chi connectivity index (χ1n) is 9.53. The van der Waals surface area contributed by atoms with E-state index >= 15 is 0 Å². The summed E-state index contributed by atoms with van der Waals surface area (Å²) in [4.78, 5) is 21.3. The first-order valence-corrected chi connectivity index (χ1v) is 9.53. The lowest BCUT2D eigenvalue weighted by atomic mass is 10.1. The number of nitrogens with zero attached hydrogens (tertiary/aromatic N) is 3. The van der Waals surface area contributed by atoms with E-state index in [0.717, 1.165) is 57.1 Å². The molecule has 6 nitrogen and oxygen atoms in total. The minimum atomic E-state index is 0.0667. The van der Waals surface area contributed by atoms with E-state index in [0.29, 0.717) is 5.56 Å². The van der Waals surface area contributed by atoms with Gasteiger partial charge in [-0.1, -0.05) is 19.1 Å². The van der Waals surface area contributed by atoms with Crippen molar-refractivity contribution in [1.29, 1.82) is 0 Å². The monoisotopic (exact) mass is 368 g/mol. The summed E-state index contributed by atoms with van der Waals surface area (Å²) >= 11 is 0. The van der Waals surface area contributed by atoms with Gasteiger partial charge in [-0.25, -0.2) is 0 Å². The predicted molar refractivity (Wildman–Crippen MR) is 107 cm³/mol. The van der Waals surface area contributed by atoms with Crippen molar-refractivity contribution in [3.05, 3.63) is 53.9 Å². The van der Waals surface area contributed by atoms with E-state index in [2.05, 4.69) is 34.3 Å². The third-order valence-electron chi connectivity index (χ3n) is 4.99. The molecule has 1 aliphatic rings. The number of benzene rings is 1. The Hall–Kier alpha value is -2.60. The van der Waals surface area contributed by atoms with E-state index in [1.165, 1.54) is 5.56 Å². The van der Waals surface area contributed by atoms with Crippen molar-refractivity contribution in [1.82, 2.24) is 14.8 Å². The normalized spacial score (nSPS) is 14.8. The fourth-order valence-corrected chi connectivity index (χ4v) is 3.25. The molecule has 144 valence electrons. The average molecular weight is 368 g/mol. The van der Waals surface area contributed by atoms with Crippen LogP contribution in [0.15, 0.2) is 42.7 Å². The molecule has 27 heavy (non-hydrogen) atoms. The number of nitrogens with one attached hydrogen (secondary N) is 1. The van der Waals surface area contributed by atoms with Gasteiger partial charge in [-0.15, -0.1) is 0 Å². The van der Waals surface area contributed by atoms with Crippen LogP contribution in [-0.4, -0.2) is 67.1 Å². The number of amides is 1. The van der Waals surface area contributed by atoms with Crippen molar-refractivity contribution in [3.63, 3.8) is 0 Å². The molecule has 3 rings (SSSR count). The summed E-state index contributed by atoms with van der Waals surface area (Å²) in [5.41, 5.74) is 2.76. The van der Waals surface area contributed by atoms with Crippen LogP contribution in [0.5, 0.6) is 5.75 Å². The van der Waals surface area contributed by atoms with Gasteiger partial charge in [-0.05, 0) is 36.7 Å². The van der Waals surface area contributed by atoms with Gasteiger partial charge in [0.1, 0.15) is 5.75 Å². The number of ether oxygens (including phenoxy) is 1. The van der Waals surface area contributed by atoms with Gasteiger partial charge in [-0.2, -0.15) is 0 Å². The molecule has 0 unspecified atom stereocenters. The second kappa shape index (κ2) is 9.37. The second-order valence-corrected chi connectivity index (χ2v) is 6.71. The minimum absolute atomic E-state index is 0.0667. The summed E-state index contributed by atoms with van der Waals surface area (Å²) < 4.78 is 5.18. The van der Waals surface area contributed by atoms with Crippen LogP contribution in [0.4, 0.5) is 5.69 Å². The number of hydrogen-bond donors (Lipinski definition) is 1. The van der Waals surface area contributed by atoms with Crippen LogP contribution in [0.25, 0.3) is 0 Å². The van der Waals surface area contributed by atoms with Gasteiger partial charge < -0.3 is 19.9 Å². The largest absolute Gasteiger partial charge is 0.497 e. The molecule has 1 aromatic heterocycles. The van der Waals surface area contributed by atoms with E-state index in [-0.39, 0.29) is 5.91 Å². The van der Waals surface area contributed by atoms with Crippen LogP contribution in [0.3, 0.4) is 0 Å². The van der Waals surface area contributed by atoms with Crippen molar-refractivity contribution in [2.45, 2.75) is 13.3 Å². The maximum absolute atomic E-state index is 12.7. The van der Waals surface area contributed by atoms with Gasteiger partial charge in [0.2, 0.25) is 0 Å². The molecule has 0 radical (unpaired) electrons. The van der Waals surface area contributed by atoms with E-state index in [4.69, 9.17) is 4.74 Å². The summed E-state index contributed by atoms with van der Waals surface area (Å²) in [7, 11) is 1.67. The topological polar surface area (TPSA) is 57.7 Å². The fourth-order valence-electron chi connectivity index (χ4n) is 3.25. The number of pyridine rings is 1. The molecule has 6 heteroatoms. The van der Waals surface area contributed by atoms with Crippen LogP contribution < -0.4 is 10.1 Å². The molecule has 1 amide bonds. The van der Waals surface area contributed by atoms with Crippen molar-refractivity contribution in [3.8, 4) is 5.75 Å². The molecular formula is C21H28N4O2. The molecule has 0 aliphatic carbocycles. The van der Waals surface area contributed by atoms with E-state index in [9.17, 15) is 4.79 Å². The molecule has 1 aromatic carbocycles. The van der Waals surface area contributed by atoms with Crippen molar-refractivity contribution in [2.75, 3.05) is 51.7 Å². The lowest BCUT2D eigenvalue weighted by molar-refractivity contribution is 0.0643. The lowest BCUT2D eigenvalue weighted by Crippen LogP contribution is -2.48. The maximum atomic E-state index is 12.7. The Kier molecular flexibility index (Phi) is 6.65. The number of anilines is 1. The standard InChI is InChI=1S/C21H28N4O2/c1-3-24-10-12-25(13-11-24)21(26)18-14-19(16-22-15-18)23-9-8-17-4-6-20(27-2)7-5-17/h4-7,14-16,23H,3,8-13H2,1-2H3. The second-order valence-electron chi connectivity index (χ2n) is 6.71. The highest BCUT2D eigenvalue weighted by Crippen LogP contribution is 2.14. The number of hydrogen-bond acceptors (Lipinski definition) is 5. The molecule has 0 atom stereocenters. The molecule has 0 bridgehead atoms. The number of carbonyl (C=O) groups excluding carboxylic acids is 1. The number of piperazine rings is 1. The summed E-state index contributed by atoms with van der Waals surface area (Å²) in [6.07, 6.45) is 4.31. The predicted octanol–water partition coefficient (Wildman–Crippen LogP) is 2.52. The molecule has 2 aromatic rings. The van der Waals surface area contributed by atoms with Crippen LogP contribution in [-0.2, 0) is 6.42 Å². The Bertz CT molecular complexity index is 740. The Morgan fingerprint density at radius 3 is 2.56 bits per heavy atom. The molecule has 1 saturated heterocycles. The first kappa shape index (κ1) is 19.2. The Morgan fingerprint density at radius 2 is 1.89 bits per heavy atom. The summed E-state index contributed by atoms with van der Waals surface area (Å²) in [6.45, 7) is 7.41. The number of carbonyl (C=O) groups is 1. The Labute approximate surface area is 161 Å². The number of likely N-dealkylation sites (N-methyl/N-ethyl adjacent to an activating group) is 1. The third-order valence-corrected chi connectivity index (χ3v) is 4.99. The van der Waals surface area contributed by atoms with E-state index in [1.807, 2.05) is 23.1 Å². The zero-order chi connectivity index (χ0) is 19.1. The van der Waals surface area contributed by atoms with Gasteiger partial charge >= 0.3 is 0 Å². The maximum Gasteiger partial charge on any atom is 0.255 e. The summed E-state index contributed by atoms with van der Waals surface area (Å²) in [5, 5.41) is 3.36. The number of rotatable bonds is 7. The average Bonchev–Trinajstić information content (AvgIpc) is 2.74. The number of aromatic nitrogens is 1. The molecule has 0 saturated carbocycles. The fraction of sp³-hybridized carbons (Fsp3) is 0.429. The highest BCUT2D eigenvalue weighted by Gasteiger charge is 2.21. The zero-order valence-corrected chi connectivity index (χ0v) is 16.1. The summed E-state index contributed by atoms with van der Waals surface area (Å²) in [6, 6.07) is 9.96. The van der Waals surface area contributed by atoms with E-state index in [1.54, 1.807) is 19.5 Å². The first-order chi connectivity index (χ1) is 13.2. The quantitative estimate of drug-likeness (QED) is 0.814. The van der Waals surface area contributed by atoms with Crippen molar-refractivity contribution in [2.24, 2.45) is 0 Å².